The second-order valence-corrected chi connectivity index (χ2v) is 14.8. The number of nitrogens with zero attached hydrogens (tertiary/aromatic N) is 3. The van der Waals surface area contributed by atoms with Crippen LogP contribution in [0.4, 0.5) is 0 Å². The molecule has 0 amide bonds. The van der Waals surface area contributed by atoms with Crippen molar-refractivity contribution in [3.8, 4) is 55.9 Å². The van der Waals surface area contributed by atoms with Gasteiger partial charge in [-0.3, -0.25) is 4.40 Å². The quantitative estimate of drug-likeness (QED) is 0.167. The maximum Gasteiger partial charge on any atom is 0.169 e. The topological polar surface area (TPSA) is 30.2 Å². The first-order chi connectivity index (χ1) is 26.8. The van der Waals surface area contributed by atoms with Crippen molar-refractivity contribution in [2.24, 2.45) is 0 Å². The summed E-state index contributed by atoms with van der Waals surface area (Å²) in [6.45, 7) is 0. The van der Waals surface area contributed by atoms with Gasteiger partial charge in [-0.1, -0.05) is 158 Å². The molecule has 4 heteroatoms. The molecule has 0 saturated heterocycles. The van der Waals surface area contributed by atoms with Crippen molar-refractivity contribution >= 4 is 58.8 Å². The Morgan fingerprint density at radius 1 is 0.333 bits per heavy atom. The van der Waals surface area contributed by atoms with Gasteiger partial charge in [0.05, 0.1) is 5.52 Å². The zero-order valence-corrected chi connectivity index (χ0v) is 30.0. The lowest BCUT2D eigenvalue weighted by atomic mass is 9.93. The third-order valence-electron chi connectivity index (χ3n) is 10.7. The molecule has 8 aromatic carbocycles. The highest BCUT2D eigenvalue weighted by Crippen LogP contribution is 2.47. The Hall–Kier alpha value is -6.88. The van der Waals surface area contributed by atoms with Gasteiger partial charge in [-0.15, -0.1) is 21.5 Å². The lowest BCUT2D eigenvalue weighted by Crippen LogP contribution is -1.94. The normalized spacial score (nSPS) is 11.7. The van der Waals surface area contributed by atoms with Crippen LogP contribution >= 0.6 is 11.3 Å². The Morgan fingerprint density at radius 3 is 1.39 bits per heavy atom. The lowest BCUT2D eigenvalue weighted by molar-refractivity contribution is 1.12. The second-order valence-electron chi connectivity index (χ2n) is 13.8. The van der Waals surface area contributed by atoms with Crippen molar-refractivity contribution in [2.75, 3.05) is 0 Å². The van der Waals surface area contributed by atoms with Gasteiger partial charge in [0.1, 0.15) is 0 Å². The summed E-state index contributed by atoms with van der Waals surface area (Å²) in [5.41, 5.74) is 12.7. The molecule has 252 valence electrons. The highest BCUT2D eigenvalue weighted by molar-refractivity contribution is 7.27. The Kier molecular flexibility index (Phi) is 7.04. The SMILES string of the molecule is c1ccc(-c2cc(-c3ccccc3)c3sc4c(-c5ccc(-c6nnc7c8ccccc8c8ccccc8n67)cc5)cc(-c5ccccc5)cc4c3c2)cc1. The van der Waals surface area contributed by atoms with Crippen molar-refractivity contribution in [3.63, 3.8) is 0 Å². The summed E-state index contributed by atoms with van der Waals surface area (Å²) in [6.07, 6.45) is 0. The van der Waals surface area contributed by atoms with Crippen molar-refractivity contribution in [1.29, 1.82) is 0 Å². The van der Waals surface area contributed by atoms with Gasteiger partial charge in [-0.2, -0.15) is 0 Å². The van der Waals surface area contributed by atoms with Gasteiger partial charge in [-0.05, 0) is 69.1 Å². The molecule has 0 N–H and O–H groups in total. The van der Waals surface area contributed by atoms with E-state index < -0.39 is 0 Å². The summed E-state index contributed by atoms with van der Waals surface area (Å²) < 4.78 is 4.79. The van der Waals surface area contributed by atoms with Crippen LogP contribution in [0.5, 0.6) is 0 Å². The van der Waals surface area contributed by atoms with E-state index in [0.29, 0.717) is 0 Å². The van der Waals surface area contributed by atoms with Crippen LogP contribution in [0.25, 0.3) is 103 Å². The van der Waals surface area contributed by atoms with E-state index >= 15 is 0 Å². The van der Waals surface area contributed by atoms with Gasteiger partial charge in [0.15, 0.2) is 11.5 Å². The van der Waals surface area contributed by atoms with Crippen molar-refractivity contribution in [2.45, 2.75) is 0 Å². The number of aromatic nitrogens is 3. The van der Waals surface area contributed by atoms with Crippen molar-refractivity contribution in [1.82, 2.24) is 14.6 Å². The van der Waals surface area contributed by atoms with Crippen LogP contribution in [0, 0.1) is 0 Å². The lowest BCUT2D eigenvalue weighted by Gasteiger charge is -2.11. The summed E-state index contributed by atoms with van der Waals surface area (Å²) >= 11 is 1.89. The van der Waals surface area contributed by atoms with E-state index in [2.05, 4.69) is 192 Å². The molecule has 0 bridgehead atoms. The van der Waals surface area contributed by atoms with E-state index in [9.17, 15) is 0 Å². The molecule has 0 aliphatic carbocycles. The predicted octanol–water partition coefficient (Wildman–Crippen LogP) is 13.7. The van der Waals surface area contributed by atoms with Crippen LogP contribution in [0.15, 0.2) is 188 Å². The monoisotopic (exact) mass is 705 g/mol. The third-order valence-corrected chi connectivity index (χ3v) is 12.0. The number of pyridine rings is 1. The van der Waals surface area contributed by atoms with Crippen LogP contribution < -0.4 is 0 Å². The minimum Gasteiger partial charge on any atom is -0.274 e. The highest BCUT2D eigenvalue weighted by Gasteiger charge is 2.19. The van der Waals surface area contributed by atoms with Crippen LogP contribution in [0.3, 0.4) is 0 Å². The molecule has 0 aliphatic heterocycles. The minimum absolute atomic E-state index is 0.837. The Labute approximate surface area is 316 Å². The summed E-state index contributed by atoms with van der Waals surface area (Å²) in [5.74, 6) is 0.837. The Balaban J connectivity index is 1.14. The summed E-state index contributed by atoms with van der Waals surface area (Å²) in [4.78, 5) is 0. The number of hydrogen-bond acceptors (Lipinski definition) is 3. The molecule has 0 fully saturated rings. The fourth-order valence-corrected chi connectivity index (χ4v) is 9.44. The van der Waals surface area contributed by atoms with E-state index in [4.69, 9.17) is 10.2 Å². The number of hydrogen-bond donors (Lipinski definition) is 0. The third kappa shape index (κ3) is 4.88. The summed E-state index contributed by atoms with van der Waals surface area (Å²) in [7, 11) is 0. The van der Waals surface area contributed by atoms with Crippen LogP contribution in [0.1, 0.15) is 0 Å². The Morgan fingerprint density at radius 2 is 0.796 bits per heavy atom. The fourth-order valence-electron chi connectivity index (χ4n) is 8.10. The zero-order chi connectivity index (χ0) is 35.6. The molecule has 0 spiro atoms. The smallest absolute Gasteiger partial charge is 0.169 e. The molecule has 0 saturated carbocycles. The molecule has 3 heterocycles. The number of thiophene rings is 1. The van der Waals surface area contributed by atoms with E-state index in [1.165, 1.54) is 75.5 Å². The van der Waals surface area contributed by atoms with Gasteiger partial charge in [-0.25, -0.2) is 0 Å². The molecule has 54 heavy (non-hydrogen) atoms. The van der Waals surface area contributed by atoms with Crippen LogP contribution in [-0.2, 0) is 0 Å². The van der Waals surface area contributed by atoms with Crippen LogP contribution in [0.2, 0.25) is 0 Å². The van der Waals surface area contributed by atoms with Crippen LogP contribution in [-0.4, -0.2) is 14.6 Å². The number of benzene rings is 8. The molecule has 0 atom stereocenters. The number of rotatable bonds is 5. The molecule has 3 aromatic heterocycles. The molecule has 0 aliphatic rings. The molecular formula is C50H31N3S. The first-order valence-electron chi connectivity index (χ1n) is 18.2. The fraction of sp³-hybridized carbons (Fsp3) is 0. The zero-order valence-electron chi connectivity index (χ0n) is 29.1. The second kappa shape index (κ2) is 12.4. The molecular weight excluding hydrogens is 675 g/mol. The summed E-state index contributed by atoms with van der Waals surface area (Å²) in [6, 6.07) is 67.7. The average Bonchev–Trinajstić information content (AvgIpc) is 3.87. The first kappa shape index (κ1) is 30.7. The maximum absolute atomic E-state index is 4.79. The van der Waals surface area contributed by atoms with Gasteiger partial charge in [0.25, 0.3) is 0 Å². The Bertz CT molecular complexity index is 3180. The van der Waals surface area contributed by atoms with Crippen molar-refractivity contribution in [3.05, 3.63) is 188 Å². The van der Waals surface area contributed by atoms with Crippen molar-refractivity contribution < 1.29 is 0 Å². The van der Waals surface area contributed by atoms with Gasteiger partial charge >= 0.3 is 0 Å². The van der Waals surface area contributed by atoms with Gasteiger partial charge < -0.3 is 0 Å². The highest BCUT2D eigenvalue weighted by atomic mass is 32.1. The molecule has 11 rings (SSSR count). The van der Waals surface area contributed by atoms with Gasteiger partial charge in [0.2, 0.25) is 0 Å². The largest absolute Gasteiger partial charge is 0.274 e. The van der Waals surface area contributed by atoms with E-state index in [-0.39, 0.29) is 0 Å². The molecule has 0 unspecified atom stereocenters. The molecule has 3 nitrogen and oxygen atoms in total. The summed E-state index contributed by atoms with van der Waals surface area (Å²) in [5, 5.41) is 15.6. The maximum atomic E-state index is 4.79. The predicted molar refractivity (Wildman–Crippen MR) is 228 cm³/mol. The van der Waals surface area contributed by atoms with E-state index in [1.807, 2.05) is 11.3 Å². The first-order valence-corrected chi connectivity index (χ1v) is 19.1. The average molecular weight is 706 g/mol. The molecule has 11 aromatic rings. The minimum atomic E-state index is 0.837. The number of fused-ring (bicyclic) bond motifs is 9. The van der Waals surface area contributed by atoms with Gasteiger partial charge in [0, 0.05) is 47.6 Å². The number of para-hydroxylation sites is 1. The van der Waals surface area contributed by atoms with E-state index in [0.717, 1.165) is 27.9 Å². The standard InChI is InChI=1S/C50H31N3S/c1-4-14-32(15-5-1)37-28-42(34-18-8-3-9-19-34)47-44(30-37)45-31-38(33-16-6-2-7-17-33)29-43(48(45)54-47)35-24-26-36(27-25-35)49-51-52-50-41-22-11-10-20-39(41)40-21-12-13-23-46(40)53(49)50/h1-31H. The molecule has 0 radical (unpaired) electrons. The van der Waals surface area contributed by atoms with E-state index in [1.54, 1.807) is 0 Å².